The number of esters is 1. The number of halogens is 4. The predicted octanol–water partition coefficient (Wildman–Crippen LogP) is 2.90. The Kier molecular flexibility index (Phi) is 3.95. The van der Waals surface area contributed by atoms with Crippen molar-refractivity contribution in [1.29, 1.82) is 0 Å². The van der Waals surface area contributed by atoms with E-state index in [1.54, 1.807) is 24.3 Å². The van der Waals surface area contributed by atoms with Crippen molar-refractivity contribution in [2.45, 2.75) is 12.8 Å². The van der Waals surface area contributed by atoms with Crippen molar-refractivity contribution in [3.05, 3.63) is 33.4 Å². The molecule has 0 saturated carbocycles. The first kappa shape index (κ1) is 12.3. The molecule has 0 bridgehead atoms. The van der Waals surface area contributed by atoms with Crippen LogP contribution in [0, 0.1) is 3.57 Å². The lowest BCUT2D eigenvalue weighted by atomic mass is 10.2. The van der Waals surface area contributed by atoms with Gasteiger partial charge in [0.05, 0.1) is 0 Å². The summed E-state index contributed by atoms with van der Waals surface area (Å²) in [6.45, 7) is -0.366. The maximum absolute atomic E-state index is 11.7. The highest BCUT2D eigenvalue weighted by Crippen LogP contribution is 2.17. The number of carbonyl (C=O) groups excluding carboxylic acids is 1. The van der Waals surface area contributed by atoms with Gasteiger partial charge in [-0.3, -0.25) is 0 Å². The zero-order valence-corrected chi connectivity index (χ0v) is 9.50. The van der Waals surface area contributed by atoms with Gasteiger partial charge in [0.1, 0.15) is 6.61 Å². The molecule has 0 N–H and O–H groups in total. The fourth-order valence-corrected chi connectivity index (χ4v) is 1.17. The summed E-state index contributed by atoms with van der Waals surface area (Å²) >= 11 is 2.06. The van der Waals surface area contributed by atoms with Crippen LogP contribution in [-0.4, -0.2) is 12.1 Å². The fraction of sp³-hybridized carbons (Fsp3) is 0.222. The number of rotatable bonds is 2. The largest absolute Gasteiger partial charge is 0.490 e. The van der Waals surface area contributed by atoms with Gasteiger partial charge in [-0.15, -0.1) is 0 Å². The van der Waals surface area contributed by atoms with Gasteiger partial charge in [0.25, 0.3) is 0 Å². The molecule has 82 valence electrons. The minimum Gasteiger partial charge on any atom is -0.454 e. The molecule has 0 amide bonds. The monoisotopic (exact) mass is 330 g/mol. The summed E-state index contributed by atoms with van der Waals surface area (Å²) in [4.78, 5) is 10.4. The summed E-state index contributed by atoms with van der Waals surface area (Å²) in [7, 11) is 0. The molecule has 0 heterocycles. The van der Waals surface area contributed by atoms with E-state index in [1.807, 2.05) is 0 Å². The summed E-state index contributed by atoms with van der Waals surface area (Å²) in [5, 5.41) is 0. The molecule has 0 radical (unpaired) electrons. The number of hydrogen-bond donors (Lipinski definition) is 0. The second-order valence-electron chi connectivity index (χ2n) is 2.70. The van der Waals surface area contributed by atoms with Crippen LogP contribution in [-0.2, 0) is 16.1 Å². The lowest BCUT2D eigenvalue weighted by Crippen LogP contribution is -2.25. The van der Waals surface area contributed by atoms with Crippen molar-refractivity contribution in [1.82, 2.24) is 0 Å². The summed E-state index contributed by atoms with van der Waals surface area (Å²) in [6.07, 6.45) is -4.93. The molecular formula is C9H6F3IO2. The van der Waals surface area contributed by atoms with E-state index < -0.39 is 12.1 Å². The molecule has 0 spiro atoms. The number of ether oxygens (including phenoxy) is 1. The quantitative estimate of drug-likeness (QED) is 0.616. The Hall–Kier alpha value is -0.790. The molecule has 0 aliphatic carbocycles. The van der Waals surface area contributed by atoms with E-state index in [4.69, 9.17) is 0 Å². The first-order chi connectivity index (χ1) is 6.89. The molecule has 0 aliphatic rings. The van der Waals surface area contributed by atoms with Gasteiger partial charge in [-0.05, 0) is 40.3 Å². The Morgan fingerprint density at radius 2 is 1.80 bits per heavy atom. The van der Waals surface area contributed by atoms with Crippen LogP contribution in [0.15, 0.2) is 24.3 Å². The summed E-state index contributed by atoms with van der Waals surface area (Å²) < 4.78 is 40.2. The van der Waals surface area contributed by atoms with Crippen LogP contribution >= 0.6 is 22.6 Å². The molecule has 15 heavy (non-hydrogen) atoms. The topological polar surface area (TPSA) is 26.3 Å². The van der Waals surface area contributed by atoms with Crippen molar-refractivity contribution in [3.63, 3.8) is 0 Å². The molecule has 0 saturated heterocycles. The van der Waals surface area contributed by atoms with Crippen LogP contribution in [0.4, 0.5) is 13.2 Å². The highest BCUT2D eigenvalue weighted by Gasteiger charge is 2.40. The minimum absolute atomic E-state index is 0.366. The second-order valence-corrected chi connectivity index (χ2v) is 3.95. The van der Waals surface area contributed by atoms with Gasteiger partial charge in [-0.1, -0.05) is 12.1 Å². The van der Waals surface area contributed by atoms with E-state index in [0.717, 1.165) is 3.57 Å². The Labute approximate surface area is 97.6 Å². The van der Waals surface area contributed by atoms with Crippen LogP contribution in [0.1, 0.15) is 5.56 Å². The highest BCUT2D eigenvalue weighted by atomic mass is 127. The molecule has 0 aromatic heterocycles. The van der Waals surface area contributed by atoms with E-state index in [1.165, 1.54) is 0 Å². The molecule has 1 aromatic carbocycles. The van der Waals surface area contributed by atoms with Gasteiger partial charge < -0.3 is 4.74 Å². The normalized spacial score (nSPS) is 11.2. The third-order valence-electron chi connectivity index (χ3n) is 1.51. The van der Waals surface area contributed by atoms with Gasteiger partial charge in [0.15, 0.2) is 0 Å². The molecule has 2 nitrogen and oxygen atoms in total. The SMILES string of the molecule is O=C(OCc1ccc(I)cc1)C(F)(F)F. The molecule has 0 unspecified atom stereocenters. The Morgan fingerprint density at radius 3 is 2.27 bits per heavy atom. The maximum Gasteiger partial charge on any atom is 0.490 e. The Bertz CT molecular complexity index is 345. The average molecular weight is 330 g/mol. The van der Waals surface area contributed by atoms with E-state index in [-0.39, 0.29) is 6.61 Å². The number of alkyl halides is 3. The third-order valence-corrected chi connectivity index (χ3v) is 2.23. The van der Waals surface area contributed by atoms with E-state index in [9.17, 15) is 18.0 Å². The van der Waals surface area contributed by atoms with Crippen molar-refractivity contribution in [2.75, 3.05) is 0 Å². The summed E-state index contributed by atoms with van der Waals surface area (Å²) in [6, 6.07) is 6.64. The van der Waals surface area contributed by atoms with Gasteiger partial charge in [-0.25, -0.2) is 4.79 Å². The zero-order chi connectivity index (χ0) is 11.5. The second kappa shape index (κ2) is 4.82. The Balaban J connectivity index is 2.51. The molecule has 0 atom stereocenters. The number of benzene rings is 1. The van der Waals surface area contributed by atoms with Crippen molar-refractivity contribution in [3.8, 4) is 0 Å². The maximum atomic E-state index is 11.7. The van der Waals surface area contributed by atoms with Gasteiger partial charge in [0.2, 0.25) is 0 Å². The van der Waals surface area contributed by atoms with Crippen LogP contribution in [0.25, 0.3) is 0 Å². The van der Waals surface area contributed by atoms with Crippen molar-refractivity contribution >= 4 is 28.6 Å². The van der Waals surface area contributed by atoms with Gasteiger partial charge >= 0.3 is 12.1 Å². The predicted molar refractivity (Wildman–Crippen MR) is 55.0 cm³/mol. The van der Waals surface area contributed by atoms with Gasteiger partial charge in [-0.2, -0.15) is 13.2 Å². The number of hydrogen-bond acceptors (Lipinski definition) is 2. The first-order valence-electron chi connectivity index (χ1n) is 3.88. The highest BCUT2D eigenvalue weighted by molar-refractivity contribution is 14.1. The summed E-state index contributed by atoms with van der Waals surface area (Å²) in [5.74, 6) is -2.17. The molecule has 1 rings (SSSR count). The first-order valence-corrected chi connectivity index (χ1v) is 4.96. The lowest BCUT2D eigenvalue weighted by molar-refractivity contribution is -0.201. The lowest BCUT2D eigenvalue weighted by Gasteiger charge is -2.06. The molecular weight excluding hydrogens is 324 g/mol. The standard InChI is InChI=1S/C9H6F3IO2/c10-9(11,12)8(14)15-5-6-1-3-7(13)4-2-6/h1-4H,5H2. The Morgan fingerprint density at radius 1 is 1.27 bits per heavy atom. The minimum atomic E-state index is -4.93. The fourth-order valence-electron chi connectivity index (χ4n) is 0.811. The smallest absolute Gasteiger partial charge is 0.454 e. The van der Waals surface area contributed by atoms with Gasteiger partial charge in [0, 0.05) is 3.57 Å². The van der Waals surface area contributed by atoms with Crippen molar-refractivity contribution in [2.24, 2.45) is 0 Å². The van der Waals surface area contributed by atoms with E-state index in [0.29, 0.717) is 5.56 Å². The average Bonchev–Trinajstić information content (AvgIpc) is 2.15. The van der Waals surface area contributed by atoms with Crippen LogP contribution in [0.2, 0.25) is 0 Å². The third kappa shape index (κ3) is 4.06. The van der Waals surface area contributed by atoms with Crippen LogP contribution < -0.4 is 0 Å². The molecule has 6 heteroatoms. The molecule has 0 fully saturated rings. The zero-order valence-electron chi connectivity index (χ0n) is 7.34. The van der Waals surface area contributed by atoms with Crippen LogP contribution in [0.3, 0.4) is 0 Å². The molecule has 0 aliphatic heterocycles. The molecule has 1 aromatic rings. The van der Waals surface area contributed by atoms with E-state index in [2.05, 4.69) is 27.3 Å². The van der Waals surface area contributed by atoms with E-state index >= 15 is 0 Å². The summed E-state index contributed by atoms with van der Waals surface area (Å²) in [5.41, 5.74) is 0.521. The van der Waals surface area contributed by atoms with Crippen molar-refractivity contribution < 1.29 is 22.7 Å². The number of carbonyl (C=O) groups is 1. The van der Waals surface area contributed by atoms with Crippen LogP contribution in [0.5, 0.6) is 0 Å².